The molecule has 13 nitrogen and oxygen atoms in total. The van der Waals surface area contributed by atoms with Gasteiger partial charge in [-0.1, -0.05) is 0 Å². The SMILES string of the molecule is CCN(CC)C(=O)OCC1CN(C(=O)c2cc(OC)c(O)c(OC)c2)CCN1C(=O)c1cc(OC)c(OC)c(OC)c1. The molecule has 3 rings (SSSR count). The number of phenols is 1. The summed E-state index contributed by atoms with van der Waals surface area (Å²) >= 11 is 0. The van der Waals surface area contributed by atoms with Gasteiger partial charge in [-0.05, 0) is 38.1 Å². The molecule has 2 aromatic rings. The molecule has 1 aliphatic heterocycles. The van der Waals surface area contributed by atoms with Crippen LogP contribution in [0.25, 0.3) is 0 Å². The summed E-state index contributed by atoms with van der Waals surface area (Å²) in [6.07, 6.45) is -0.517. The summed E-state index contributed by atoms with van der Waals surface area (Å²) in [7, 11) is 7.13. The summed E-state index contributed by atoms with van der Waals surface area (Å²) in [6, 6.07) is 5.27. The van der Waals surface area contributed by atoms with Crippen molar-refractivity contribution >= 4 is 17.9 Å². The van der Waals surface area contributed by atoms with Crippen molar-refractivity contribution in [2.45, 2.75) is 19.9 Å². The molecule has 1 N–H and O–H groups in total. The van der Waals surface area contributed by atoms with Gasteiger partial charge in [0.2, 0.25) is 11.5 Å². The van der Waals surface area contributed by atoms with Gasteiger partial charge in [-0.2, -0.15) is 0 Å². The summed E-state index contributed by atoms with van der Waals surface area (Å²) in [4.78, 5) is 44.7. The number of phenolic OH excluding ortho intramolecular Hbond substituents is 1. The summed E-state index contributed by atoms with van der Waals surface area (Å²) in [6.45, 7) is 4.89. The third-order valence-corrected chi connectivity index (χ3v) is 7.09. The summed E-state index contributed by atoms with van der Waals surface area (Å²) in [5.74, 6) is 0.180. The van der Waals surface area contributed by atoms with E-state index in [9.17, 15) is 19.5 Å². The molecule has 1 aliphatic rings. The molecule has 0 saturated carbocycles. The molecule has 0 aromatic heterocycles. The van der Waals surface area contributed by atoms with Crippen molar-refractivity contribution in [1.29, 1.82) is 0 Å². The number of benzene rings is 2. The Morgan fingerprint density at radius 2 is 1.29 bits per heavy atom. The van der Waals surface area contributed by atoms with Gasteiger partial charge in [0.05, 0.1) is 41.6 Å². The second-order valence-corrected chi connectivity index (χ2v) is 9.30. The zero-order valence-corrected chi connectivity index (χ0v) is 25.1. The van der Waals surface area contributed by atoms with Crippen molar-refractivity contribution in [1.82, 2.24) is 14.7 Å². The molecular weight excluding hydrogens is 550 g/mol. The third kappa shape index (κ3) is 6.67. The molecule has 42 heavy (non-hydrogen) atoms. The van der Waals surface area contributed by atoms with Crippen LogP contribution in [0.4, 0.5) is 4.79 Å². The lowest BCUT2D eigenvalue weighted by molar-refractivity contribution is 0.0183. The number of methoxy groups -OCH3 is 5. The number of amides is 3. The number of hydrogen-bond donors (Lipinski definition) is 1. The Hall–Kier alpha value is -4.55. The fourth-order valence-electron chi connectivity index (χ4n) is 4.76. The van der Waals surface area contributed by atoms with Crippen molar-refractivity contribution in [3.8, 4) is 34.5 Å². The molecule has 0 radical (unpaired) electrons. The van der Waals surface area contributed by atoms with E-state index in [0.29, 0.717) is 30.3 Å². The van der Waals surface area contributed by atoms with E-state index in [1.807, 2.05) is 13.8 Å². The van der Waals surface area contributed by atoms with Gasteiger partial charge < -0.3 is 48.2 Å². The van der Waals surface area contributed by atoms with Crippen molar-refractivity contribution in [2.75, 3.05) is 74.9 Å². The van der Waals surface area contributed by atoms with Crippen LogP contribution in [0.2, 0.25) is 0 Å². The molecular formula is C29H39N3O10. The third-order valence-electron chi connectivity index (χ3n) is 7.09. The molecule has 2 aromatic carbocycles. The first-order valence-corrected chi connectivity index (χ1v) is 13.4. The number of ether oxygens (including phenoxy) is 6. The summed E-state index contributed by atoms with van der Waals surface area (Å²) in [5.41, 5.74) is 0.502. The number of aromatic hydroxyl groups is 1. The molecule has 1 fully saturated rings. The van der Waals surface area contributed by atoms with Crippen LogP contribution in [-0.2, 0) is 4.74 Å². The largest absolute Gasteiger partial charge is 0.502 e. The maximum Gasteiger partial charge on any atom is 0.409 e. The minimum Gasteiger partial charge on any atom is -0.502 e. The molecule has 13 heteroatoms. The first kappa shape index (κ1) is 32.0. The highest BCUT2D eigenvalue weighted by Crippen LogP contribution is 2.39. The second kappa shape index (κ2) is 14.4. The number of carbonyl (C=O) groups is 3. The molecule has 1 atom stereocenters. The highest BCUT2D eigenvalue weighted by Gasteiger charge is 2.35. The fourth-order valence-corrected chi connectivity index (χ4v) is 4.76. The van der Waals surface area contributed by atoms with Crippen LogP contribution >= 0.6 is 0 Å². The van der Waals surface area contributed by atoms with E-state index < -0.39 is 12.1 Å². The predicted octanol–water partition coefficient (Wildman–Crippen LogP) is 2.88. The highest BCUT2D eigenvalue weighted by atomic mass is 16.6. The molecule has 0 spiro atoms. The maximum absolute atomic E-state index is 13.8. The topological polar surface area (TPSA) is 137 Å². The molecule has 1 saturated heterocycles. The van der Waals surface area contributed by atoms with Crippen molar-refractivity contribution in [3.63, 3.8) is 0 Å². The molecule has 1 unspecified atom stereocenters. The van der Waals surface area contributed by atoms with Crippen LogP contribution in [0.15, 0.2) is 24.3 Å². The molecule has 3 amide bonds. The lowest BCUT2D eigenvalue weighted by Crippen LogP contribution is -2.58. The van der Waals surface area contributed by atoms with Gasteiger partial charge in [-0.3, -0.25) is 9.59 Å². The van der Waals surface area contributed by atoms with E-state index in [1.165, 1.54) is 52.6 Å². The fraction of sp³-hybridized carbons (Fsp3) is 0.483. The second-order valence-electron chi connectivity index (χ2n) is 9.30. The molecule has 0 aliphatic carbocycles. The minimum absolute atomic E-state index is 0.0754. The number of piperazine rings is 1. The molecule has 1 heterocycles. The van der Waals surface area contributed by atoms with Gasteiger partial charge in [-0.25, -0.2) is 4.79 Å². The average Bonchev–Trinajstić information content (AvgIpc) is 3.02. The maximum atomic E-state index is 13.8. The van der Waals surface area contributed by atoms with Gasteiger partial charge in [0.25, 0.3) is 11.8 Å². The smallest absolute Gasteiger partial charge is 0.409 e. The van der Waals surface area contributed by atoms with Gasteiger partial charge in [-0.15, -0.1) is 0 Å². The van der Waals surface area contributed by atoms with Gasteiger partial charge >= 0.3 is 6.09 Å². The van der Waals surface area contributed by atoms with Crippen molar-refractivity contribution in [3.05, 3.63) is 35.4 Å². The standard InChI is InChI=1S/C29H39N3O10/c1-8-30(9-2)29(36)42-17-20-16-31(27(34)18-12-21(37-3)25(33)22(13-18)38-4)10-11-32(20)28(35)19-14-23(39-5)26(41-7)24(15-19)40-6/h12-15,20,33H,8-11,16-17H2,1-7H3. The van der Waals surface area contributed by atoms with Crippen molar-refractivity contribution in [2.24, 2.45) is 0 Å². The van der Waals surface area contributed by atoms with Crippen LogP contribution in [-0.4, -0.2) is 119 Å². The molecule has 0 bridgehead atoms. The Labute approximate surface area is 245 Å². The van der Waals surface area contributed by atoms with E-state index in [4.69, 9.17) is 28.4 Å². The van der Waals surface area contributed by atoms with Gasteiger partial charge in [0, 0.05) is 43.9 Å². The first-order chi connectivity index (χ1) is 20.2. The lowest BCUT2D eigenvalue weighted by atomic mass is 10.1. The average molecular weight is 590 g/mol. The van der Waals surface area contributed by atoms with E-state index >= 15 is 0 Å². The Kier molecular flexibility index (Phi) is 10.9. The normalized spacial score (nSPS) is 14.6. The quantitative estimate of drug-likeness (QED) is 0.417. The summed E-state index contributed by atoms with van der Waals surface area (Å²) in [5, 5.41) is 10.3. The zero-order chi connectivity index (χ0) is 31.0. The van der Waals surface area contributed by atoms with E-state index in [2.05, 4.69) is 0 Å². The Bertz CT molecular complexity index is 1230. The lowest BCUT2D eigenvalue weighted by Gasteiger charge is -2.41. The van der Waals surface area contributed by atoms with Crippen molar-refractivity contribution < 1.29 is 47.9 Å². The van der Waals surface area contributed by atoms with Crippen LogP contribution < -0.4 is 23.7 Å². The van der Waals surface area contributed by atoms with E-state index in [-0.39, 0.29) is 66.4 Å². The number of hydrogen-bond acceptors (Lipinski definition) is 10. The minimum atomic E-state index is -0.672. The number of rotatable bonds is 11. The first-order valence-electron chi connectivity index (χ1n) is 13.4. The van der Waals surface area contributed by atoms with Crippen LogP contribution in [0.1, 0.15) is 34.6 Å². The number of nitrogens with zero attached hydrogens (tertiary/aromatic N) is 3. The molecule has 230 valence electrons. The highest BCUT2D eigenvalue weighted by molar-refractivity contribution is 5.97. The predicted molar refractivity (Wildman–Crippen MR) is 152 cm³/mol. The Morgan fingerprint density at radius 1 is 0.786 bits per heavy atom. The van der Waals surface area contributed by atoms with Crippen LogP contribution in [0, 0.1) is 0 Å². The Morgan fingerprint density at radius 3 is 1.76 bits per heavy atom. The van der Waals surface area contributed by atoms with Gasteiger partial charge in [0.1, 0.15) is 6.61 Å². The van der Waals surface area contributed by atoms with Crippen LogP contribution in [0.5, 0.6) is 34.5 Å². The summed E-state index contributed by atoms with van der Waals surface area (Å²) < 4.78 is 32.2. The number of carbonyl (C=O) groups excluding carboxylic acids is 3. The van der Waals surface area contributed by atoms with Gasteiger partial charge in [0.15, 0.2) is 23.0 Å². The monoisotopic (exact) mass is 589 g/mol. The van der Waals surface area contributed by atoms with E-state index in [1.54, 1.807) is 21.9 Å². The Balaban J connectivity index is 1.94. The van der Waals surface area contributed by atoms with E-state index in [0.717, 1.165) is 0 Å². The zero-order valence-electron chi connectivity index (χ0n) is 25.1. The van der Waals surface area contributed by atoms with Crippen LogP contribution in [0.3, 0.4) is 0 Å².